The summed E-state index contributed by atoms with van der Waals surface area (Å²) in [5.41, 5.74) is 2.54. The molecule has 2 heterocycles. The molecule has 1 atom stereocenters. The minimum Gasteiger partial charge on any atom is -0.406 e. The number of rotatable bonds is 10. The van der Waals surface area contributed by atoms with Crippen molar-refractivity contribution in [2.45, 2.75) is 63.3 Å². The Hall–Kier alpha value is -4.13. The van der Waals surface area contributed by atoms with Gasteiger partial charge in [-0.15, -0.1) is 0 Å². The monoisotopic (exact) mass is 671 g/mol. The molecule has 5 rings (SSSR count). The molecule has 0 bridgehead atoms. The summed E-state index contributed by atoms with van der Waals surface area (Å²) < 4.78 is 31.3. The van der Waals surface area contributed by atoms with Gasteiger partial charge in [-0.25, -0.2) is 18.7 Å². The topological polar surface area (TPSA) is 118 Å². The predicted octanol–water partition coefficient (Wildman–Crippen LogP) is 3.68. The van der Waals surface area contributed by atoms with Crippen LogP contribution in [0.2, 0.25) is 5.04 Å². The van der Waals surface area contributed by atoms with Gasteiger partial charge in [0.05, 0.1) is 18.6 Å². The Labute approximate surface area is 278 Å². The molecule has 246 valence electrons. The summed E-state index contributed by atoms with van der Waals surface area (Å²) in [7, 11) is -6.53. The van der Waals surface area contributed by atoms with E-state index in [4.69, 9.17) is 9.63 Å². The largest absolute Gasteiger partial charge is 0.406 e. The van der Waals surface area contributed by atoms with E-state index in [9.17, 15) is 18.0 Å². The SMILES string of the molecule is CC(C)(C)[Si](OCC1(C#CC#Cc2cc3n(c2)C(=O)N(CCC(C)(C(=O)NO)S(C)(=O)=O)C3)CC1)(c1ccccc1)c1ccccc1. The highest BCUT2D eigenvalue weighted by molar-refractivity contribution is 7.92. The van der Waals surface area contributed by atoms with Crippen molar-refractivity contribution in [3.8, 4) is 23.7 Å². The van der Waals surface area contributed by atoms with Gasteiger partial charge in [-0.1, -0.05) is 93.3 Å². The van der Waals surface area contributed by atoms with Crippen LogP contribution in [-0.4, -0.2) is 67.5 Å². The van der Waals surface area contributed by atoms with Gasteiger partial charge in [0.1, 0.15) is 0 Å². The molecule has 2 amide bonds. The molecule has 2 N–H and O–H groups in total. The van der Waals surface area contributed by atoms with Crippen LogP contribution in [0.4, 0.5) is 4.79 Å². The van der Waals surface area contributed by atoms with E-state index in [0.717, 1.165) is 19.1 Å². The molecule has 1 aliphatic carbocycles. The third kappa shape index (κ3) is 6.67. The van der Waals surface area contributed by atoms with Gasteiger partial charge < -0.3 is 9.33 Å². The normalized spacial score (nSPS) is 16.6. The van der Waals surface area contributed by atoms with E-state index in [1.807, 2.05) is 18.2 Å². The van der Waals surface area contributed by atoms with Gasteiger partial charge in [0.25, 0.3) is 14.2 Å². The minimum absolute atomic E-state index is 0.0159. The zero-order valence-corrected chi connectivity index (χ0v) is 29.3. The summed E-state index contributed by atoms with van der Waals surface area (Å²) in [4.78, 5) is 26.6. The molecule has 0 spiro atoms. The molecular formula is C36H41N3O6SSi. The fraction of sp³-hybridized carbons (Fsp3) is 0.389. The van der Waals surface area contributed by atoms with E-state index in [2.05, 4.69) is 93.0 Å². The van der Waals surface area contributed by atoms with Crippen molar-refractivity contribution in [2.75, 3.05) is 19.4 Å². The van der Waals surface area contributed by atoms with E-state index in [1.165, 1.54) is 32.2 Å². The second-order valence-electron chi connectivity index (χ2n) is 13.7. The van der Waals surface area contributed by atoms with Crippen LogP contribution in [0.5, 0.6) is 0 Å². The number of aromatic nitrogens is 1. The number of hydrogen-bond acceptors (Lipinski definition) is 6. The average molecular weight is 672 g/mol. The lowest BCUT2D eigenvalue weighted by Gasteiger charge is -2.43. The summed E-state index contributed by atoms with van der Waals surface area (Å²) >= 11 is 0. The molecule has 1 unspecified atom stereocenters. The van der Waals surface area contributed by atoms with E-state index in [-0.39, 0.29) is 36.0 Å². The van der Waals surface area contributed by atoms with Crippen LogP contribution >= 0.6 is 0 Å². The number of amides is 2. The summed E-state index contributed by atoms with van der Waals surface area (Å²) in [5.74, 6) is 11.4. The van der Waals surface area contributed by atoms with Crippen molar-refractivity contribution in [3.63, 3.8) is 0 Å². The fourth-order valence-electron chi connectivity index (χ4n) is 6.13. The van der Waals surface area contributed by atoms with Gasteiger partial charge in [-0.3, -0.25) is 14.6 Å². The van der Waals surface area contributed by atoms with E-state index < -0.39 is 28.8 Å². The van der Waals surface area contributed by atoms with Crippen LogP contribution in [-0.2, 0) is 25.6 Å². The molecule has 2 aliphatic rings. The first-order chi connectivity index (χ1) is 22.2. The standard InChI is InChI=1S/C36H41N3O6SSi/c1-34(2,3)47(30-15-8-6-9-16-30,31-17-10-7-11-18-31)45-27-36(20-21-36)19-13-12-14-28-24-29-26-38(33(41)39(29)25-28)23-22-35(4,32(40)37-42)46(5,43)44/h6-11,15-18,24-25,42H,20-23,26-27H2,1-5H3,(H,37,40). The molecule has 0 saturated heterocycles. The number of fused-ring (bicyclic) bond motifs is 1. The van der Waals surface area contributed by atoms with Crippen molar-refractivity contribution in [3.05, 3.63) is 84.2 Å². The van der Waals surface area contributed by atoms with Gasteiger partial charge in [-0.05, 0) is 59.5 Å². The Morgan fingerprint density at radius 2 is 1.62 bits per heavy atom. The lowest BCUT2D eigenvalue weighted by Crippen LogP contribution is -2.67. The molecule has 3 aromatic rings. The van der Waals surface area contributed by atoms with Crippen molar-refractivity contribution < 1.29 is 27.6 Å². The average Bonchev–Trinajstić information content (AvgIpc) is 3.60. The van der Waals surface area contributed by atoms with Crippen LogP contribution in [0.15, 0.2) is 72.9 Å². The number of benzene rings is 2. The van der Waals surface area contributed by atoms with Crippen molar-refractivity contribution in [1.29, 1.82) is 0 Å². The number of hydrogen-bond donors (Lipinski definition) is 2. The van der Waals surface area contributed by atoms with E-state index in [0.29, 0.717) is 17.9 Å². The highest BCUT2D eigenvalue weighted by atomic mass is 32.2. The quantitative estimate of drug-likeness (QED) is 0.147. The smallest absolute Gasteiger partial charge is 0.328 e. The van der Waals surface area contributed by atoms with Crippen LogP contribution in [0.1, 0.15) is 58.2 Å². The molecule has 1 saturated carbocycles. The lowest BCUT2D eigenvalue weighted by molar-refractivity contribution is -0.131. The molecule has 1 aliphatic heterocycles. The van der Waals surface area contributed by atoms with Gasteiger partial charge in [0.15, 0.2) is 14.6 Å². The molecule has 9 nitrogen and oxygen atoms in total. The first-order valence-corrected chi connectivity index (χ1v) is 19.4. The summed E-state index contributed by atoms with van der Waals surface area (Å²) in [5, 5.41) is 11.4. The number of nitrogens with zero attached hydrogens (tertiary/aromatic N) is 2. The van der Waals surface area contributed by atoms with Gasteiger partial charge in [0, 0.05) is 30.3 Å². The van der Waals surface area contributed by atoms with Crippen LogP contribution < -0.4 is 15.9 Å². The molecule has 11 heteroatoms. The molecule has 1 fully saturated rings. The number of carbonyl (C=O) groups excluding carboxylic acids is 2. The zero-order chi connectivity index (χ0) is 34.1. The zero-order valence-electron chi connectivity index (χ0n) is 27.5. The van der Waals surface area contributed by atoms with E-state index >= 15 is 0 Å². The number of carbonyl (C=O) groups is 2. The lowest BCUT2D eigenvalue weighted by atomic mass is 10.1. The maximum absolute atomic E-state index is 13.0. The summed E-state index contributed by atoms with van der Waals surface area (Å²) in [6.45, 7) is 8.80. The van der Waals surface area contributed by atoms with Crippen LogP contribution in [0, 0.1) is 29.1 Å². The van der Waals surface area contributed by atoms with Crippen molar-refractivity contribution >= 4 is 40.5 Å². The Bertz CT molecular complexity index is 1850. The maximum atomic E-state index is 13.0. The number of hydroxylamine groups is 1. The third-order valence-corrected chi connectivity index (χ3v) is 16.4. The van der Waals surface area contributed by atoms with E-state index in [1.54, 1.807) is 6.20 Å². The Morgan fingerprint density at radius 3 is 2.11 bits per heavy atom. The number of sulfone groups is 1. The van der Waals surface area contributed by atoms with Crippen molar-refractivity contribution in [1.82, 2.24) is 14.9 Å². The summed E-state index contributed by atoms with van der Waals surface area (Å²) in [6, 6.07) is 22.6. The van der Waals surface area contributed by atoms with Gasteiger partial charge >= 0.3 is 6.03 Å². The Kier molecular flexibility index (Phi) is 9.33. The van der Waals surface area contributed by atoms with Gasteiger partial charge in [0.2, 0.25) is 0 Å². The van der Waals surface area contributed by atoms with Gasteiger partial charge in [-0.2, -0.15) is 0 Å². The first kappa shape index (κ1) is 34.2. The Morgan fingerprint density at radius 1 is 1.02 bits per heavy atom. The fourth-order valence-corrected chi connectivity index (χ4v) is 11.6. The van der Waals surface area contributed by atoms with Crippen LogP contribution in [0.25, 0.3) is 0 Å². The highest BCUT2D eigenvalue weighted by Gasteiger charge is 2.53. The minimum atomic E-state index is -3.86. The van der Waals surface area contributed by atoms with Crippen LogP contribution in [0.3, 0.4) is 0 Å². The maximum Gasteiger partial charge on any atom is 0.328 e. The Balaban J connectivity index is 1.27. The molecule has 47 heavy (non-hydrogen) atoms. The second-order valence-corrected chi connectivity index (χ2v) is 20.5. The van der Waals surface area contributed by atoms with Crippen molar-refractivity contribution in [2.24, 2.45) is 5.41 Å². The molecule has 0 radical (unpaired) electrons. The number of nitrogens with one attached hydrogen (secondary N) is 1. The molecular weight excluding hydrogens is 631 g/mol. The highest BCUT2D eigenvalue weighted by Crippen LogP contribution is 2.47. The summed E-state index contributed by atoms with van der Waals surface area (Å²) in [6.07, 6.45) is 4.30. The molecule has 2 aromatic carbocycles. The second kappa shape index (κ2) is 12.8. The first-order valence-electron chi connectivity index (χ1n) is 15.6. The third-order valence-electron chi connectivity index (χ3n) is 9.42. The molecule has 1 aromatic heterocycles. The predicted molar refractivity (Wildman–Crippen MR) is 183 cm³/mol.